The molecule has 0 radical (unpaired) electrons. The molecule has 0 fully saturated rings. The van der Waals surface area contributed by atoms with Crippen molar-refractivity contribution in [2.24, 2.45) is 0 Å². The zero-order valence-electron chi connectivity index (χ0n) is 31.4. The number of nitrogens with zero attached hydrogens (tertiary/aromatic N) is 2. The summed E-state index contributed by atoms with van der Waals surface area (Å²) in [5.74, 6) is 0.742. The second-order valence-corrected chi connectivity index (χ2v) is 20.0. The van der Waals surface area contributed by atoms with Crippen molar-refractivity contribution < 1.29 is 0 Å². The van der Waals surface area contributed by atoms with Gasteiger partial charge < -0.3 is 0 Å². The first kappa shape index (κ1) is 32.7. The molecule has 0 amide bonds. The van der Waals surface area contributed by atoms with Gasteiger partial charge in [-0.25, -0.2) is 9.97 Å². The molecule has 3 heteroatoms. The van der Waals surface area contributed by atoms with E-state index in [9.17, 15) is 0 Å². The van der Waals surface area contributed by atoms with Gasteiger partial charge in [-0.05, 0) is 72.6 Å². The summed E-state index contributed by atoms with van der Waals surface area (Å²) in [6, 6.07) is 71.0. The van der Waals surface area contributed by atoms with Crippen LogP contribution in [-0.4, -0.2) is 18.0 Å². The van der Waals surface area contributed by atoms with Crippen molar-refractivity contribution in [3.05, 3.63) is 216 Å². The predicted molar refractivity (Wildman–Crippen MR) is 235 cm³/mol. The molecule has 1 aliphatic heterocycles. The van der Waals surface area contributed by atoms with Crippen molar-refractivity contribution in [1.29, 1.82) is 0 Å². The Balaban J connectivity index is 1.11. The van der Waals surface area contributed by atoms with Crippen LogP contribution in [0.1, 0.15) is 22.3 Å². The topological polar surface area (TPSA) is 25.8 Å². The Morgan fingerprint density at radius 2 is 0.964 bits per heavy atom. The fourth-order valence-corrected chi connectivity index (χ4v) is 12.9. The average molecular weight is 731 g/mol. The van der Waals surface area contributed by atoms with Gasteiger partial charge in [0, 0.05) is 22.1 Å². The lowest BCUT2D eigenvalue weighted by atomic mass is 9.67. The van der Waals surface area contributed by atoms with Gasteiger partial charge in [0.05, 0.1) is 16.6 Å². The minimum atomic E-state index is -1.90. The summed E-state index contributed by atoms with van der Waals surface area (Å²) in [6.45, 7) is 4.93. The van der Waals surface area contributed by atoms with E-state index < -0.39 is 13.5 Å². The molecule has 1 aromatic heterocycles. The van der Waals surface area contributed by atoms with Gasteiger partial charge in [-0.3, -0.25) is 0 Å². The lowest BCUT2D eigenvalue weighted by Gasteiger charge is -2.34. The summed E-state index contributed by atoms with van der Waals surface area (Å²) in [7, 11) is -1.90. The molecule has 11 rings (SSSR count). The second kappa shape index (κ2) is 12.4. The number of aromatic nitrogens is 2. The van der Waals surface area contributed by atoms with Crippen molar-refractivity contribution in [2.75, 3.05) is 0 Å². The van der Waals surface area contributed by atoms with Crippen LogP contribution in [0.4, 0.5) is 0 Å². The van der Waals surface area contributed by atoms with E-state index in [1.54, 1.807) is 0 Å². The molecule has 0 atom stereocenters. The predicted octanol–water partition coefficient (Wildman–Crippen LogP) is 11.8. The third-order valence-electron chi connectivity index (χ3n) is 12.4. The minimum Gasteiger partial charge on any atom is -0.227 e. The highest BCUT2D eigenvalue weighted by molar-refractivity contribution is 7.04. The van der Waals surface area contributed by atoms with E-state index in [1.165, 1.54) is 54.9 Å². The van der Waals surface area contributed by atoms with Gasteiger partial charge in [-0.15, -0.1) is 0 Å². The van der Waals surface area contributed by atoms with Gasteiger partial charge in [-0.2, -0.15) is 0 Å². The molecule has 264 valence electrons. The summed E-state index contributed by atoms with van der Waals surface area (Å²) >= 11 is 0. The van der Waals surface area contributed by atoms with Crippen LogP contribution < -0.4 is 10.4 Å². The lowest BCUT2D eigenvalue weighted by molar-refractivity contribution is 0.769. The highest BCUT2D eigenvalue weighted by Gasteiger charge is 2.46. The molecule has 0 saturated carbocycles. The summed E-state index contributed by atoms with van der Waals surface area (Å²) < 4.78 is 0. The Kier molecular flexibility index (Phi) is 7.26. The van der Waals surface area contributed by atoms with E-state index >= 15 is 0 Å². The molecule has 2 aliphatic rings. The third-order valence-corrected chi connectivity index (χ3v) is 15.9. The van der Waals surface area contributed by atoms with Crippen molar-refractivity contribution in [3.8, 4) is 56.0 Å². The highest BCUT2D eigenvalue weighted by Crippen LogP contribution is 2.56. The van der Waals surface area contributed by atoms with Crippen molar-refractivity contribution >= 4 is 29.4 Å². The normalized spacial score (nSPS) is 14.2. The summed E-state index contributed by atoms with van der Waals surface area (Å²) in [4.78, 5) is 10.9. The monoisotopic (exact) mass is 730 g/mol. The molecule has 56 heavy (non-hydrogen) atoms. The third kappa shape index (κ3) is 4.68. The van der Waals surface area contributed by atoms with Gasteiger partial charge in [0.15, 0.2) is 5.82 Å². The van der Waals surface area contributed by atoms with E-state index in [1.807, 2.05) is 0 Å². The quantitative estimate of drug-likeness (QED) is 0.165. The first-order valence-electron chi connectivity index (χ1n) is 19.5. The molecule has 0 saturated heterocycles. The molecular formula is C53H38N2Si. The van der Waals surface area contributed by atoms with Crippen molar-refractivity contribution in [2.45, 2.75) is 18.5 Å². The first-order valence-corrected chi connectivity index (χ1v) is 22.5. The highest BCUT2D eigenvalue weighted by atomic mass is 28.3. The van der Waals surface area contributed by atoms with Gasteiger partial charge in [0.25, 0.3) is 0 Å². The zero-order valence-corrected chi connectivity index (χ0v) is 32.4. The Bertz CT molecular complexity index is 2960. The summed E-state index contributed by atoms with van der Waals surface area (Å²) in [6.07, 6.45) is 0. The van der Waals surface area contributed by atoms with Crippen LogP contribution >= 0.6 is 0 Å². The average Bonchev–Trinajstić information content (AvgIpc) is 3.70. The summed E-state index contributed by atoms with van der Waals surface area (Å²) in [5, 5.41) is 4.02. The van der Waals surface area contributed by atoms with Crippen LogP contribution in [0.25, 0.3) is 66.9 Å². The summed E-state index contributed by atoms with van der Waals surface area (Å²) in [5.41, 5.74) is 16.3. The standard InChI is InChI=1S/C53H38N2Si/c1-56(2)47-30-14-11-27-43(47)49-48(56)32-31-44-50(35-17-5-3-6-18-35)54-52(55-51(44)49)38-21-15-19-36(33-38)37-20-16-24-40(34-37)53(39-22-7-4-8-23-39)45-28-12-9-25-41(45)42-26-10-13-29-46(42)53/h3-34H,1-2H3. The molecule has 2 heterocycles. The first-order chi connectivity index (χ1) is 27.5. The Labute approximate surface area is 328 Å². The molecule has 9 aromatic rings. The largest absolute Gasteiger partial charge is 0.227 e. The van der Waals surface area contributed by atoms with Crippen molar-refractivity contribution in [1.82, 2.24) is 9.97 Å². The number of hydrogen-bond donors (Lipinski definition) is 0. The molecule has 0 bridgehead atoms. The smallest absolute Gasteiger partial charge is 0.160 e. The van der Waals surface area contributed by atoms with Crippen LogP contribution in [0.3, 0.4) is 0 Å². The van der Waals surface area contributed by atoms with E-state index in [-0.39, 0.29) is 0 Å². The van der Waals surface area contributed by atoms with Crippen LogP contribution in [-0.2, 0) is 5.41 Å². The molecule has 1 aliphatic carbocycles. The Morgan fingerprint density at radius 3 is 1.70 bits per heavy atom. The number of fused-ring (bicyclic) bond motifs is 8. The van der Waals surface area contributed by atoms with E-state index in [0.717, 1.165) is 44.7 Å². The molecule has 0 N–H and O–H groups in total. The van der Waals surface area contributed by atoms with Gasteiger partial charge in [-0.1, -0.05) is 195 Å². The van der Waals surface area contributed by atoms with Crippen molar-refractivity contribution in [3.63, 3.8) is 0 Å². The fourth-order valence-electron chi connectivity index (χ4n) is 9.81. The molecule has 8 aromatic carbocycles. The van der Waals surface area contributed by atoms with E-state index in [2.05, 4.69) is 207 Å². The number of benzene rings is 8. The molecule has 2 nitrogen and oxygen atoms in total. The maximum absolute atomic E-state index is 5.49. The molecular weight excluding hydrogens is 693 g/mol. The van der Waals surface area contributed by atoms with Crippen LogP contribution in [0.5, 0.6) is 0 Å². The molecule has 0 unspecified atom stereocenters. The van der Waals surface area contributed by atoms with E-state index in [4.69, 9.17) is 9.97 Å². The van der Waals surface area contributed by atoms with Crippen LogP contribution in [0.2, 0.25) is 13.1 Å². The Hall–Kier alpha value is -6.68. The number of hydrogen-bond acceptors (Lipinski definition) is 2. The SMILES string of the molecule is C[Si]1(C)c2ccccc2-c2c1ccc1c(-c3ccccc3)nc(-c3cccc(-c4cccc(C5(c6ccccc6)c6ccccc6-c6ccccc65)c4)c3)nc21. The Morgan fingerprint density at radius 1 is 0.411 bits per heavy atom. The lowest BCUT2D eigenvalue weighted by Crippen LogP contribution is -2.49. The molecule has 0 spiro atoms. The minimum absolute atomic E-state index is 0.456. The van der Waals surface area contributed by atoms with Gasteiger partial charge in [0.2, 0.25) is 0 Å². The fraction of sp³-hybridized carbons (Fsp3) is 0.0566. The van der Waals surface area contributed by atoms with Gasteiger partial charge in [0.1, 0.15) is 8.07 Å². The van der Waals surface area contributed by atoms with E-state index in [0.29, 0.717) is 0 Å². The number of rotatable bonds is 5. The maximum atomic E-state index is 5.49. The second-order valence-electron chi connectivity index (χ2n) is 15.7. The maximum Gasteiger partial charge on any atom is 0.160 e. The van der Waals surface area contributed by atoms with Gasteiger partial charge >= 0.3 is 0 Å². The van der Waals surface area contributed by atoms with Crippen LogP contribution in [0, 0.1) is 0 Å². The zero-order chi connectivity index (χ0) is 37.4. The van der Waals surface area contributed by atoms with Crippen LogP contribution in [0.15, 0.2) is 194 Å².